The van der Waals surface area contributed by atoms with Crippen molar-refractivity contribution in [2.24, 2.45) is 0 Å². The Morgan fingerprint density at radius 1 is 1.15 bits per heavy atom. The molecule has 3 aromatic rings. The summed E-state index contributed by atoms with van der Waals surface area (Å²) in [4.78, 5) is 12.9. The molecule has 0 radical (unpaired) electrons. The van der Waals surface area contributed by atoms with E-state index in [4.69, 9.17) is 9.47 Å². The molecule has 26 heavy (non-hydrogen) atoms. The third kappa shape index (κ3) is 3.08. The summed E-state index contributed by atoms with van der Waals surface area (Å²) in [6.07, 6.45) is 1.84. The number of carbonyl (C=O) groups excluding carboxylic acids is 1. The number of aromatic nitrogens is 2. The molecule has 0 fully saturated rings. The minimum atomic E-state index is -0.324. The molecular formula is C21H20N2O3. The lowest BCUT2D eigenvalue weighted by atomic mass is 10.0. The van der Waals surface area contributed by atoms with Crippen molar-refractivity contribution >= 4 is 5.97 Å². The quantitative estimate of drug-likeness (QED) is 0.657. The van der Waals surface area contributed by atoms with Crippen LogP contribution in [0, 0.1) is 0 Å². The van der Waals surface area contributed by atoms with Crippen molar-refractivity contribution in [1.82, 2.24) is 9.78 Å². The molecule has 0 saturated heterocycles. The number of aryl methyl sites for hydroxylation is 1. The zero-order chi connectivity index (χ0) is 17.9. The lowest BCUT2D eigenvalue weighted by Gasteiger charge is -2.08. The van der Waals surface area contributed by atoms with Crippen molar-refractivity contribution in [3.63, 3.8) is 0 Å². The highest BCUT2D eigenvalue weighted by molar-refractivity contribution is 5.97. The fraction of sp³-hybridized carbons (Fsp3) is 0.238. The van der Waals surface area contributed by atoms with Crippen LogP contribution >= 0.6 is 0 Å². The molecule has 132 valence electrons. The molecule has 5 nitrogen and oxygen atoms in total. The summed E-state index contributed by atoms with van der Waals surface area (Å²) in [5.74, 6) is 0.411. The number of hydrogen-bond donors (Lipinski definition) is 0. The Morgan fingerprint density at radius 2 is 2.00 bits per heavy atom. The summed E-state index contributed by atoms with van der Waals surface area (Å²) in [5, 5.41) is 4.67. The molecule has 0 spiro atoms. The number of rotatable bonds is 5. The van der Waals surface area contributed by atoms with Gasteiger partial charge in [-0.2, -0.15) is 5.10 Å². The van der Waals surface area contributed by atoms with Crippen LogP contribution in [0.15, 0.2) is 54.6 Å². The van der Waals surface area contributed by atoms with E-state index in [2.05, 4.69) is 5.10 Å². The number of hydrogen-bond acceptors (Lipinski definition) is 4. The highest BCUT2D eigenvalue weighted by Crippen LogP contribution is 2.32. The Morgan fingerprint density at radius 3 is 2.81 bits per heavy atom. The first-order valence-electron chi connectivity index (χ1n) is 8.71. The largest absolute Gasteiger partial charge is 0.497 e. The lowest BCUT2D eigenvalue weighted by Crippen LogP contribution is -2.08. The van der Waals surface area contributed by atoms with E-state index in [1.807, 2.05) is 59.3 Å². The van der Waals surface area contributed by atoms with Gasteiger partial charge in [0.15, 0.2) is 0 Å². The van der Waals surface area contributed by atoms with E-state index < -0.39 is 0 Å². The van der Waals surface area contributed by atoms with E-state index in [0.717, 1.165) is 42.0 Å². The van der Waals surface area contributed by atoms with Crippen LogP contribution in [0.4, 0.5) is 0 Å². The van der Waals surface area contributed by atoms with Crippen LogP contribution in [0.25, 0.3) is 11.3 Å². The van der Waals surface area contributed by atoms with Crippen LogP contribution in [0.2, 0.25) is 0 Å². The second kappa shape index (κ2) is 7.04. The molecule has 0 N–H and O–H groups in total. The molecule has 1 aromatic heterocycles. The van der Waals surface area contributed by atoms with Crippen molar-refractivity contribution in [3.05, 3.63) is 71.4 Å². The normalized spacial score (nSPS) is 12.7. The fourth-order valence-corrected chi connectivity index (χ4v) is 3.31. The Hall–Kier alpha value is -3.08. The zero-order valence-corrected chi connectivity index (χ0v) is 14.6. The van der Waals surface area contributed by atoms with Crippen molar-refractivity contribution in [3.8, 4) is 17.0 Å². The molecular weight excluding hydrogens is 328 g/mol. The van der Waals surface area contributed by atoms with Crippen LogP contribution in [0.1, 0.15) is 28.0 Å². The Kier molecular flexibility index (Phi) is 4.44. The van der Waals surface area contributed by atoms with Crippen LogP contribution < -0.4 is 4.74 Å². The first kappa shape index (κ1) is 16.4. The maximum atomic E-state index is 12.9. The highest BCUT2D eigenvalue weighted by Gasteiger charge is 2.28. The number of fused-ring (bicyclic) bond motifs is 1. The number of esters is 1. The minimum Gasteiger partial charge on any atom is -0.497 e. The Balaban J connectivity index is 1.67. The van der Waals surface area contributed by atoms with E-state index in [1.54, 1.807) is 7.11 Å². The van der Waals surface area contributed by atoms with Gasteiger partial charge in [0.1, 0.15) is 23.6 Å². The summed E-state index contributed by atoms with van der Waals surface area (Å²) < 4.78 is 12.8. The number of methoxy groups -OCH3 is 1. The smallest absolute Gasteiger partial charge is 0.342 e. The molecule has 0 saturated carbocycles. The molecule has 1 aliphatic heterocycles. The molecule has 0 bridgehead atoms. The van der Waals surface area contributed by atoms with Gasteiger partial charge in [0.25, 0.3) is 0 Å². The minimum absolute atomic E-state index is 0.252. The van der Waals surface area contributed by atoms with Gasteiger partial charge >= 0.3 is 5.97 Å². The standard InChI is InChI=1S/C21H20N2O3/c1-25-17-10-5-9-16(13-17)20-19(18-11-6-12-23(18)22-20)21(24)26-14-15-7-3-2-4-8-15/h2-5,7-10,13H,6,11-12,14H2,1H3. The van der Waals surface area contributed by atoms with Crippen LogP contribution in [0.3, 0.4) is 0 Å². The van der Waals surface area contributed by atoms with Crippen LogP contribution in [-0.4, -0.2) is 22.9 Å². The van der Waals surface area contributed by atoms with Gasteiger partial charge in [0.2, 0.25) is 0 Å². The average molecular weight is 348 g/mol. The van der Waals surface area contributed by atoms with Gasteiger partial charge in [-0.25, -0.2) is 4.79 Å². The molecule has 0 amide bonds. The number of carbonyl (C=O) groups is 1. The van der Waals surface area contributed by atoms with E-state index in [1.165, 1.54) is 0 Å². The third-order valence-corrected chi connectivity index (χ3v) is 4.60. The van der Waals surface area contributed by atoms with Gasteiger partial charge < -0.3 is 9.47 Å². The van der Waals surface area contributed by atoms with Crippen molar-refractivity contribution < 1.29 is 14.3 Å². The van der Waals surface area contributed by atoms with Crippen LogP contribution in [0.5, 0.6) is 5.75 Å². The Bertz CT molecular complexity index is 932. The van der Waals surface area contributed by atoms with Crippen molar-refractivity contribution in [2.75, 3.05) is 7.11 Å². The molecule has 1 aliphatic rings. The van der Waals surface area contributed by atoms with Gasteiger partial charge in [-0.05, 0) is 30.5 Å². The first-order valence-corrected chi connectivity index (χ1v) is 8.71. The molecule has 2 aromatic carbocycles. The van der Waals surface area contributed by atoms with E-state index in [-0.39, 0.29) is 12.6 Å². The monoisotopic (exact) mass is 348 g/mol. The molecule has 0 unspecified atom stereocenters. The summed E-state index contributed by atoms with van der Waals surface area (Å²) in [6.45, 7) is 1.08. The summed E-state index contributed by atoms with van der Waals surface area (Å²) in [6, 6.07) is 17.3. The molecule has 2 heterocycles. The van der Waals surface area contributed by atoms with E-state index in [9.17, 15) is 4.79 Å². The first-order chi connectivity index (χ1) is 12.8. The molecule has 5 heteroatoms. The lowest BCUT2D eigenvalue weighted by molar-refractivity contribution is 0.0472. The summed E-state index contributed by atoms with van der Waals surface area (Å²) >= 11 is 0. The Labute approximate surface area is 152 Å². The maximum absolute atomic E-state index is 12.9. The average Bonchev–Trinajstić information content (AvgIpc) is 3.28. The van der Waals surface area contributed by atoms with Gasteiger partial charge in [-0.3, -0.25) is 4.68 Å². The van der Waals surface area contributed by atoms with Gasteiger partial charge in [-0.1, -0.05) is 42.5 Å². The van der Waals surface area contributed by atoms with E-state index in [0.29, 0.717) is 11.3 Å². The topological polar surface area (TPSA) is 53.4 Å². The highest BCUT2D eigenvalue weighted by atomic mass is 16.5. The third-order valence-electron chi connectivity index (χ3n) is 4.60. The second-order valence-corrected chi connectivity index (χ2v) is 6.29. The fourth-order valence-electron chi connectivity index (χ4n) is 3.31. The number of ether oxygens (including phenoxy) is 2. The SMILES string of the molecule is COc1cccc(-c2nn3c(c2C(=O)OCc2ccccc2)CCC3)c1. The van der Waals surface area contributed by atoms with E-state index >= 15 is 0 Å². The molecule has 0 aliphatic carbocycles. The second-order valence-electron chi connectivity index (χ2n) is 6.29. The number of nitrogens with zero attached hydrogens (tertiary/aromatic N) is 2. The summed E-state index contributed by atoms with van der Waals surface area (Å²) in [7, 11) is 1.63. The molecule has 0 atom stereocenters. The van der Waals surface area contributed by atoms with Gasteiger partial charge in [0, 0.05) is 12.1 Å². The van der Waals surface area contributed by atoms with Gasteiger partial charge in [0.05, 0.1) is 12.8 Å². The predicted octanol–water partition coefficient (Wildman–Crippen LogP) is 3.86. The van der Waals surface area contributed by atoms with Gasteiger partial charge in [-0.15, -0.1) is 0 Å². The van der Waals surface area contributed by atoms with Crippen molar-refractivity contribution in [2.45, 2.75) is 26.0 Å². The number of benzene rings is 2. The molecule has 4 rings (SSSR count). The summed E-state index contributed by atoms with van der Waals surface area (Å²) in [5.41, 5.74) is 4.02. The van der Waals surface area contributed by atoms with Crippen LogP contribution in [-0.2, 0) is 24.3 Å². The maximum Gasteiger partial charge on any atom is 0.342 e. The van der Waals surface area contributed by atoms with Crippen molar-refractivity contribution in [1.29, 1.82) is 0 Å². The zero-order valence-electron chi connectivity index (χ0n) is 14.6. The predicted molar refractivity (Wildman–Crippen MR) is 98.1 cm³/mol.